The third-order valence-corrected chi connectivity index (χ3v) is 2.67. The fraction of sp³-hybridized carbons (Fsp3) is 0.900. The van der Waals surface area contributed by atoms with Crippen molar-refractivity contribution in [2.45, 2.75) is 38.3 Å². The number of alkyl halides is 2. The number of cyclic esters (lactones) is 1. The molecule has 2 N–H and O–H groups in total. The summed E-state index contributed by atoms with van der Waals surface area (Å²) in [5, 5.41) is 11.9. The van der Waals surface area contributed by atoms with Crippen LogP contribution in [0.5, 0.6) is 0 Å². The maximum atomic E-state index is 12.8. The van der Waals surface area contributed by atoms with Gasteiger partial charge in [0.15, 0.2) is 0 Å². The lowest BCUT2D eigenvalue weighted by Crippen LogP contribution is -2.41. The standard InChI is InChI=1S/C10H17F2NO3/c1-6(2)8(5-14)13-4-7-3-10(11,12)9(15)16-7/h6-8,13-14H,3-5H2,1-2H3. The van der Waals surface area contributed by atoms with Crippen molar-refractivity contribution in [3.05, 3.63) is 0 Å². The van der Waals surface area contributed by atoms with Gasteiger partial charge in [-0.3, -0.25) is 0 Å². The second-order valence-electron chi connectivity index (χ2n) is 4.38. The molecule has 0 bridgehead atoms. The molecular formula is C10H17F2NO3. The molecule has 0 aromatic carbocycles. The Morgan fingerprint density at radius 2 is 2.25 bits per heavy atom. The molecule has 2 unspecified atom stereocenters. The number of ether oxygens (including phenoxy) is 1. The minimum absolute atomic E-state index is 0.0747. The van der Waals surface area contributed by atoms with E-state index in [1.165, 1.54) is 0 Å². The average Bonchev–Trinajstić information content (AvgIpc) is 2.41. The molecule has 0 radical (unpaired) electrons. The molecule has 0 aromatic rings. The van der Waals surface area contributed by atoms with E-state index >= 15 is 0 Å². The molecule has 2 atom stereocenters. The van der Waals surface area contributed by atoms with Crippen molar-refractivity contribution in [2.75, 3.05) is 13.2 Å². The summed E-state index contributed by atoms with van der Waals surface area (Å²) in [6, 6.07) is -0.173. The first-order valence-corrected chi connectivity index (χ1v) is 5.30. The second-order valence-corrected chi connectivity index (χ2v) is 4.38. The Kier molecular flexibility index (Phi) is 4.21. The van der Waals surface area contributed by atoms with Crippen LogP contribution >= 0.6 is 0 Å². The number of hydrogen-bond acceptors (Lipinski definition) is 4. The first-order chi connectivity index (χ1) is 7.36. The highest BCUT2D eigenvalue weighted by molar-refractivity contribution is 5.79. The molecular weight excluding hydrogens is 220 g/mol. The van der Waals surface area contributed by atoms with Crippen LogP contribution in [0.1, 0.15) is 20.3 Å². The van der Waals surface area contributed by atoms with E-state index in [2.05, 4.69) is 10.1 Å². The molecule has 0 saturated carbocycles. The predicted octanol–water partition coefficient (Wildman–Crippen LogP) is 0.544. The van der Waals surface area contributed by atoms with Crippen molar-refractivity contribution in [1.82, 2.24) is 5.32 Å². The lowest BCUT2D eigenvalue weighted by atomic mass is 10.1. The van der Waals surface area contributed by atoms with Crippen molar-refractivity contribution in [3.8, 4) is 0 Å². The lowest BCUT2D eigenvalue weighted by Gasteiger charge is -2.21. The Bertz CT molecular complexity index is 258. The number of carbonyl (C=O) groups excluding carboxylic acids is 1. The van der Waals surface area contributed by atoms with E-state index < -0.39 is 24.4 Å². The van der Waals surface area contributed by atoms with Gasteiger partial charge in [-0.25, -0.2) is 4.79 Å². The molecule has 16 heavy (non-hydrogen) atoms. The fourth-order valence-electron chi connectivity index (χ4n) is 1.56. The predicted molar refractivity (Wildman–Crippen MR) is 53.2 cm³/mol. The van der Waals surface area contributed by atoms with E-state index in [1.807, 2.05) is 13.8 Å². The van der Waals surface area contributed by atoms with Crippen molar-refractivity contribution < 1.29 is 23.4 Å². The molecule has 1 heterocycles. The van der Waals surface area contributed by atoms with Crippen LogP contribution in [0.15, 0.2) is 0 Å². The molecule has 4 nitrogen and oxygen atoms in total. The summed E-state index contributed by atoms with van der Waals surface area (Å²) in [4.78, 5) is 10.7. The maximum Gasteiger partial charge on any atom is 0.377 e. The first-order valence-electron chi connectivity index (χ1n) is 5.30. The van der Waals surface area contributed by atoms with E-state index in [1.54, 1.807) is 0 Å². The van der Waals surface area contributed by atoms with E-state index in [9.17, 15) is 13.6 Å². The molecule has 0 amide bonds. The van der Waals surface area contributed by atoms with Gasteiger partial charge in [0.2, 0.25) is 0 Å². The fourth-order valence-corrected chi connectivity index (χ4v) is 1.56. The molecule has 6 heteroatoms. The average molecular weight is 237 g/mol. The van der Waals surface area contributed by atoms with Crippen LogP contribution in [0.2, 0.25) is 0 Å². The SMILES string of the molecule is CC(C)C(CO)NCC1CC(F)(F)C(=O)O1. The summed E-state index contributed by atoms with van der Waals surface area (Å²) < 4.78 is 30.1. The molecule has 1 fully saturated rings. The quantitative estimate of drug-likeness (QED) is 0.685. The smallest absolute Gasteiger partial charge is 0.377 e. The van der Waals surface area contributed by atoms with Crippen LogP contribution in [0.3, 0.4) is 0 Å². The molecule has 94 valence electrons. The molecule has 0 aliphatic carbocycles. The van der Waals surface area contributed by atoms with E-state index in [-0.39, 0.29) is 25.1 Å². The number of aliphatic hydroxyl groups is 1. The number of halogens is 2. The molecule has 0 spiro atoms. The highest BCUT2D eigenvalue weighted by Crippen LogP contribution is 2.30. The van der Waals surface area contributed by atoms with Gasteiger partial charge in [-0.2, -0.15) is 8.78 Å². The normalized spacial score (nSPS) is 25.9. The molecule has 1 rings (SSSR count). The molecule has 1 saturated heterocycles. The second kappa shape index (κ2) is 5.05. The zero-order valence-corrected chi connectivity index (χ0v) is 9.37. The van der Waals surface area contributed by atoms with Crippen LogP contribution < -0.4 is 5.32 Å². The number of aliphatic hydroxyl groups excluding tert-OH is 1. The van der Waals surface area contributed by atoms with Crippen molar-refractivity contribution >= 4 is 5.97 Å². The zero-order valence-electron chi connectivity index (χ0n) is 9.37. The number of rotatable bonds is 5. The van der Waals surface area contributed by atoms with E-state index in [0.29, 0.717) is 0 Å². The number of carbonyl (C=O) groups is 1. The minimum Gasteiger partial charge on any atom is -0.456 e. The lowest BCUT2D eigenvalue weighted by molar-refractivity contribution is -0.159. The van der Waals surface area contributed by atoms with Gasteiger partial charge in [0, 0.05) is 12.6 Å². The largest absolute Gasteiger partial charge is 0.456 e. The maximum absolute atomic E-state index is 12.8. The number of hydrogen-bond donors (Lipinski definition) is 2. The van der Waals surface area contributed by atoms with Crippen LogP contribution in [-0.4, -0.2) is 42.3 Å². The van der Waals surface area contributed by atoms with Gasteiger partial charge in [-0.15, -0.1) is 0 Å². The summed E-state index contributed by atoms with van der Waals surface area (Å²) in [5.74, 6) is -4.63. The summed E-state index contributed by atoms with van der Waals surface area (Å²) in [7, 11) is 0. The Balaban J connectivity index is 2.38. The van der Waals surface area contributed by atoms with Gasteiger partial charge in [0.1, 0.15) is 6.10 Å². The summed E-state index contributed by atoms with van der Waals surface area (Å²) in [6.45, 7) is 3.88. The van der Waals surface area contributed by atoms with Crippen molar-refractivity contribution in [2.24, 2.45) is 5.92 Å². The highest BCUT2D eigenvalue weighted by Gasteiger charge is 2.50. The van der Waals surface area contributed by atoms with E-state index in [4.69, 9.17) is 5.11 Å². The Hall–Kier alpha value is -0.750. The van der Waals surface area contributed by atoms with Crippen LogP contribution in [-0.2, 0) is 9.53 Å². The number of esters is 1. The van der Waals surface area contributed by atoms with Gasteiger partial charge in [0.25, 0.3) is 0 Å². The van der Waals surface area contributed by atoms with Crippen LogP contribution in [0.25, 0.3) is 0 Å². The minimum atomic E-state index is -3.36. The van der Waals surface area contributed by atoms with Crippen LogP contribution in [0, 0.1) is 5.92 Å². The van der Waals surface area contributed by atoms with Gasteiger partial charge < -0.3 is 15.2 Å². The topological polar surface area (TPSA) is 58.6 Å². The van der Waals surface area contributed by atoms with Gasteiger partial charge in [0.05, 0.1) is 13.0 Å². The highest BCUT2D eigenvalue weighted by atomic mass is 19.3. The Morgan fingerprint density at radius 3 is 2.62 bits per heavy atom. The van der Waals surface area contributed by atoms with E-state index in [0.717, 1.165) is 0 Å². The summed E-state index contributed by atoms with van der Waals surface area (Å²) in [5.41, 5.74) is 0. The molecule has 1 aliphatic heterocycles. The number of nitrogens with one attached hydrogen (secondary N) is 1. The first kappa shape index (κ1) is 13.3. The summed E-state index contributed by atoms with van der Waals surface area (Å²) in [6.07, 6.45) is -1.40. The monoisotopic (exact) mass is 237 g/mol. The molecule has 1 aliphatic rings. The summed E-state index contributed by atoms with van der Waals surface area (Å²) >= 11 is 0. The van der Waals surface area contributed by atoms with Crippen molar-refractivity contribution in [3.63, 3.8) is 0 Å². The molecule has 0 aromatic heterocycles. The zero-order chi connectivity index (χ0) is 12.3. The third-order valence-electron chi connectivity index (χ3n) is 2.67. The van der Waals surface area contributed by atoms with Gasteiger partial charge in [-0.05, 0) is 5.92 Å². The van der Waals surface area contributed by atoms with Gasteiger partial charge in [-0.1, -0.05) is 13.8 Å². The third kappa shape index (κ3) is 3.12. The van der Waals surface area contributed by atoms with Crippen molar-refractivity contribution in [1.29, 1.82) is 0 Å². The Labute approximate surface area is 93.0 Å². The van der Waals surface area contributed by atoms with Crippen LogP contribution in [0.4, 0.5) is 8.78 Å². The van der Waals surface area contributed by atoms with Gasteiger partial charge >= 0.3 is 11.9 Å². The Morgan fingerprint density at radius 1 is 1.62 bits per heavy atom.